The van der Waals surface area contributed by atoms with E-state index in [0.717, 1.165) is 39.6 Å². The van der Waals surface area contributed by atoms with Crippen molar-refractivity contribution in [3.8, 4) is 21.6 Å². The van der Waals surface area contributed by atoms with E-state index in [1.807, 2.05) is 36.5 Å². The molecule has 0 amide bonds. The van der Waals surface area contributed by atoms with E-state index in [0.29, 0.717) is 0 Å². The highest BCUT2D eigenvalue weighted by Crippen LogP contribution is 2.47. The van der Waals surface area contributed by atoms with Crippen molar-refractivity contribution in [2.75, 3.05) is 6.61 Å². The highest BCUT2D eigenvalue weighted by atomic mass is 35.5. The predicted octanol–water partition coefficient (Wildman–Crippen LogP) is 5.15. The molecule has 3 aromatic rings. The van der Waals surface area contributed by atoms with Crippen LogP contribution in [0, 0.1) is 0 Å². The van der Waals surface area contributed by atoms with Crippen LogP contribution in [-0.4, -0.2) is 16.7 Å². The zero-order valence-electron chi connectivity index (χ0n) is 12.5. The minimum absolute atomic E-state index is 0.0996. The zero-order chi connectivity index (χ0) is 15.9. The summed E-state index contributed by atoms with van der Waals surface area (Å²) in [6.45, 7) is 0.179. The molecule has 2 nitrogen and oxygen atoms in total. The topological polar surface area (TPSA) is 33.1 Å². The number of rotatable bonds is 4. The minimum Gasteiger partial charge on any atom is -0.395 e. The summed E-state index contributed by atoms with van der Waals surface area (Å²) in [7, 11) is 0. The van der Waals surface area contributed by atoms with Crippen LogP contribution in [0.25, 0.3) is 21.6 Å². The van der Waals surface area contributed by atoms with Gasteiger partial charge in [-0.05, 0) is 53.6 Å². The third kappa shape index (κ3) is 2.69. The fraction of sp³-hybridized carbons (Fsp3) is 0.211. The first kappa shape index (κ1) is 14.9. The summed E-state index contributed by atoms with van der Waals surface area (Å²) in [5.74, 6) is 0. The Morgan fingerprint density at radius 2 is 1.96 bits per heavy atom. The van der Waals surface area contributed by atoms with Gasteiger partial charge in [-0.2, -0.15) is 0 Å². The Bertz CT molecular complexity index is 854. The second-order valence-corrected chi connectivity index (χ2v) is 7.37. The van der Waals surface area contributed by atoms with Crippen molar-refractivity contribution in [3.63, 3.8) is 0 Å². The number of nitrogens with zero attached hydrogens (tertiary/aromatic N) is 1. The Morgan fingerprint density at radius 3 is 2.70 bits per heavy atom. The zero-order valence-corrected chi connectivity index (χ0v) is 14.1. The fourth-order valence-corrected chi connectivity index (χ4v) is 4.09. The molecule has 0 saturated heterocycles. The number of benzene rings is 1. The molecule has 0 spiro atoms. The van der Waals surface area contributed by atoms with Gasteiger partial charge < -0.3 is 5.11 Å². The van der Waals surface area contributed by atoms with Gasteiger partial charge >= 0.3 is 0 Å². The molecule has 1 aliphatic rings. The molecule has 4 rings (SSSR count). The third-order valence-corrected chi connectivity index (χ3v) is 5.82. The molecule has 0 unspecified atom stereocenters. The summed E-state index contributed by atoms with van der Waals surface area (Å²) in [5, 5.41) is 12.5. The normalized spacial score (nSPS) is 15.6. The summed E-state index contributed by atoms with van der Waals surface area (Å²) < 4.78 is 0. The smallest absolute Gasteiger partial charge is 0.0543 e. The maximum absolute atomic E-state index is 9.60. The molecule has 2 aromatic heterocycles. The van der Waals surface area contributed by atoms with Crippen LogP contribution in [0.4, 0.5) is 0 Å². The second-order valence-electron chi connectivity index (χ2n) is 6.05. The molecule has 0 aliphatic heterocycles. The number of hydrogen-bond donors (Lipinski definition) is 1. The summed E-state index contributed by atoms with van der Waals surface area (Å²) >= 11 is 7.99. The molecule has 1 saturated carbocycles. The average molecular weight is 342 g/mol. The Labute approximate surface area is 144 Å². The first-order valence-electron chi connectivity index (χ1n) is 7.63. The van der Waals surface area contributed by atoms with Gasteiger partial charge in [0.1, 0.15) is 0 Å². The summed E-state index contributed by atoms with van der Waals surface area (Å²) in [5.41, 5.74) is 4.28. The fourth-order valence-electron chi connectivity index (χ4n) is 2.84. The molecule has 1 fully saturated rings. The number of aliphatic hydroxyl groups excluding tert-OH is 1. The van der Waals surface area contributed by atoms with Gasteiger partial charge in [-0.1, -0.05) is 29.8 Å². The lowest BCUT2D eigenvalue weighted by atomic mass is 9.99. The van der Waals surface area contributed by atoms with Gasteiger partial charge in [-0.15, -0.1) is 11.3 Å². The maximum Gasteiger partial charge on any atom is 0.0543 e. The van der Waals surface area contributed by atoms with Crippen LogP contribution in [0.2, 0.25) is 5.02 Å². The van der Waals surface area contributed by atoms with Crippen LogP contribution < -0.4 is 0 Å². The van der Waals surface area contributed by atoms with E-state index >= 15 is 0 Å². The molecular formula is C19H16ClNOS. The third-order valence-electron chi connectivity index (χ3n) is 4.53. The number of pyridine rings is 1. The second kappa shape index (κ2) is 5.75. The highest BCUT2D eigenvalue weighted by Gasteiger charge is 2.45. The van der Waals surface area contributed by atoms with Gasteiger partial charge in [0.2, 0.25) is 0 Å². The van der Waals surface area contributed by atoms with Gasteiger partial charge in [-0.3, -0.25) is 4.98 Å². The van der Waals surface area contributed by atoms with E-state index < -0.39 is 0 Å². The van der Waals surface area contributed by atoms with Crippen LogP contribution in [0.15, 0.2) is 54.0 Å². The van der Waals surface area contributed by atoms with Gasteiger partial charge in [0.15, 0.2) is 0 Å². The van der Waals surface area contributed by atoms with Crippen molar-refractivity contribution < 1.29 is 5.11 Å². The Hall–Kier alpha value is -1.68. The van der Waals surface area contributed by atoms with Crippen molar-refractivity contribution >= 4 is 22.9 Å². The van der Waals surface area contributed by atoms with Gasteiger partial charge in [-0.25, -0.2) is 0 Å². The molecule has 0 atom stereocenters. The number of aromatic nitrogens is 1. The van der Waals surface area contributed by atoms with Crippen molar-refractivity contribution in [1.29, 1.82) is 0 Å². The molecule has 0 bridgehead atoms. The highest BCUT2D eigenvalue weighted by molar-refractivity contribution is 7.14. The van der Waals surface area contributed by atoms with Gasteiger partial charge in [0.25, 0.3) is 0 Å². The molecule has 2 heterocycles. The van der Waals surface area contributed by atoms with Crippen molar-refractivity contribution in [2.45, 2.75) is 18.3 Å². The first-order chi connectivity index (χ1) is 11.2. The van der Waals surface area contributed by atoms with Crippen LogP contribution in [-0.2, 0) is 5.41 Å². The number of aliphatic hydroxyl groups is 1. The van der Waals surface area contributed by atoms with E-state index in [4.69, 9.17) is 11.6 Å². The number of hydrogen-bond acceptors (Lipinski definition) is 3. The number of thiophene rings is 1. The molecule has 23 heavy (non-hydrogen) atoms. The molecule has 116 valence electrons. The first-order valence-corrected chi connectivity index (χ1v) is 8.89. The maximum atomic E-state index is 9.60. The quantitative estimate of drug-likeness (QED) is 0.711. The molecular weight excluding hydrogens is 326 g/mol. The molecule has 4 heteroatoms. The van der Waals surface area contributed by atoms with Crippen LogP contribution in [0.5, 0.6) is 0 Å². The van der Waals surface area contributed by atoms with Crippen molar-refractivity contribution in [2.24, 2.45) is 0 Å². The van der Waals surface area contributed by atoms with E-state index in [1.54, 1.807) is 11.3 Å². The standard InChI is InChI=1S/C19H16ClNOS/c20-16-4-2-1-3-15(16)17-9-14(11-23-17)13-5-8-21-18(10-13)19(12-22)6-7-19/h1-5,8-11,22H,6-7,12H2. The van der Waals surface area contributed by atoms with Crippen molar-refractivity contribution in [1.82, 2.24) is 4.98 Å². The lowest BCUT2D eigenvalue weighted by Gasteiger charge is -2.11. The molecule has 1 aromatic carbocycles. The Kier molecular flexibility index (Phi) is 3.72. The summed E-state index contributed by atoms with van der Waals surface area (Å²) in [6, 6.07) is 14.2. The lowest BCUT2D eigenvalue weighted by Crippen LogP contribution is -2.13. The number of halogens is 1. The minimum atomic E-state index is -0.0996. The average Bonchev–Trinajstić information content (AvgIpc) is 3.25. The van der Waals surface area contributed by atoms with Crippen LogP contribution in [0.3, 0.4) is 0 Å². The van der Waals surface area contributed by atoms with Gasteiger partial charge in [0, 0.05) is 32.8 Å². The molecule has 1 aliphatic carbocycles. The SMILES string of the molecule is OCC1(c2cc(-c3csc(-c4ccccc4Cl)c3)ccn2)CC1. The summed E-state index contributed by atoms with van der Waals surface area (Å²) in [6.07, 6.45) is 3.89. The lowest BCUT2D eigenvalue weighted by molar-refractivity contribution is 0.252. The predicted molar refractivity (Wildman–Crippen MR) is 96.0 cm³/mol. The molecule has 0 radical (unpaired) electrons. The van der Waals surface area contributed by atoms with E-state index in [2.05, 4.69) is 22.5 Å². The molecule has 1 N–H and O–H groups in total. The van der Waals surface area contributed by atoms with E-state index in [-0.39, 0.29) is 12.0 Å². The Morgan fingerprint density at radius 1 is 1.13 bits per heavy atom. The van der Waals surface area contributed by atoms with E-state index in [1.165, 1.54) is 5.56 Å². The van der Waals surface area contributed by atoms with Crippen LogP contribution >= 0.6 is 22.9 Å². The largest absolute Gasteiger partial charge is 0.395 e. The summed E-state index contributed by atoms with van der Waals surface area (Å²) in [4.78, 5) is 5.63. The van der Waals surface area contributed by atoms with Crippen molar-refractivity contribution in [3.05, 3.63) is 64.8 Å². The van der Waals surface area contributed by atoms with Gasteiger partial charge in [0.05, 0.1) is 6.61 Å². The van der Waals surface area contributed by atoms with Crippen LogP contribution in [0.1, 0.15) is 18.5 Å². The van der Waals surface area contributed by atoms with E-state index in [9.17, 15) is 5.11 Å². The Balaban J connectivity index is 1.70. The monoisotopic (exact) mass is 341 g/mol.